The van der Waals surface area contributed by atoms with E-state index in [-0.39, 0.29) is 5.91 Å². The lowest BCUT2D eigenvalue weighted by Gasteiger charge is -2.06. The molecule has 2 aromatic rings. The highest BCUT2D eigenvalue weighted by Gasteiger charge is 2.10. The third-order valence-corrected chi connectivity index (χ3v) is 3.01. The van der Waals surface area contributed by atoms with E-state index in [1.54, 1.807) is 0 Å². The van der Waals surface area contributed by atoms with Crippen LogP contribution in [0.1, 0.15) is 27.0 Å². The molecule has 0 radical (unpaired) electrons. The molecule has 0 saturated carbocycles. The van der Waals surface area contributed by atoms with Gasteiger partial charge in [0.2, 0.25) is 0 Å². The maximum absolute atomic E-state index is 12.0. The van der Waals surface area contributed by atoms with Crippen molar-refractivity contribution in [1.82, 2.24) is 10.3 Å². The maximum Gasteiger partial charge on any atom is 0.254 e. The van der Waals surface area contributed by atoms with Crippen LogP contribution >= 0.6 is 0 Å². The first-order chi connectivity index (χ1) is 9.70. The molecule has 0 bridgehead atoms. The quantitative estimate of drug-likeness (QED) is 0.922. The summed E-state index contributed by atoms with van der Waals surface area (Å²) in [5.74, 6) is -0.262. The lowest BCUT2D eigenvalue weighted by molar-refractivity contribution is 0.0953. The Morgan fingerprint density at radius 1 is 1.30 bits per heavy atom. The van der Waals surface area contributed by atoms with E-state index in [0.717, 1.165) is 6.42 Å². The van der Waals surface area contributed by atoms with Gasteiger partial charge in [-0.2, -0.15) is 5.26 Å². The lowest BCUT2D eigenvalue weighted by Crippen LogP contribution is -2.26. The molecule has 1 amide bonds. The standard InChI is InChI=1S/C16H15N3O/c1-12-2-4-13(5-3-12)6-9-19-16(20)15-11-18-8-7-14(15)10-17/h2-5,7-8,11H,6,9H2,1H3,(H,19,20). The van der Waals surface area contributed by atoms with Gasteiger partial charge in [-0.25, -0.2) is 0 Å². The fourth-order valence-corrected chi connectivity index (χ4v) is 1.84. The fourth-order valence-electron chi connectivity index (χ4n) is 1.84. The number of nitrogens with one attached hydrogen (secondary N) is 1. The summed E-state index contributed by atoms with van der Waals surface area (Å²) in [6.07, 6.45) is 3.68. The number of hydrogen-bond acceptors (Lipinski definition) is 3. The van der Waals surface area contributed by atoms with Crippen LogP contribution in [0.15, 0.2) is 42.7 Å². The lowest BCUT2D eigenvalue weighted by atomic mass is 10.1. The summed E-state index contributed by atoms with van der Waals surface area (Å²) >= 11 is 0. The summed E-state index contributed by atoms with van der Waals surface area (Å²) in [7, 11) is 0. The number of hydrogen-bond donors (Lipinski definition) is 1. The Balaban J connectivity index is 1.93. The number of aromatic nitrogens is 1. The largest absolute Gasteiger partial charge is 0.352 e. The van der Waals surface area contributed by atoms with Crippen LogP contribution in [0.3, 0.4) is 0 Å². The number of carbonyl (C=O) groups is 1. The number of nitriles is 1. The van der Waals surface area contributed by atoms with Crippen LogP contribution in [-0.2, 0) is 6.42 Å². The topological polar surface area (TPSA) is 65.8 Å². The number of benzene rings is 1. The second-order valence-electron chi connectivity index (χ2n) is 4.52. The van der Waals surface area contributed by atoms with E-state index in [9.17, 15) is 4.79 Å². The van der Waals surface area contributed by atoms with E-state index in [2.05, 4.69) is 10.3 Å². The minimum atomic E-state index is -0.262. The number of carbonyl (C=O) groups excluding carboxylic acids is 1. The summed E-state index contributed by atoms with van der Waals surface area (Å²) in [5.41, 5.74) is 3.04. The molecule has 0 aliphatic carbocycles. The predicted octanol–water partition coefficient (Wildman–Crippen LogP) is 2.23. The van der Waals surface area contributed by atoms with Crippen molar-refractivity contribution >= 4 is 5.91 Å². The first-order valence-electron chi connectivity index (χ1n) is 6.38. The van der Waals surface area contributed by atoms with Gasteiger partial charge in [-0.15, -0.1) is 0 Å². The van der Waals surface area contributed by atoms with Crippen LogP contribution in [0.4, 0.5) is 0 Å². The Hall–Kier alpha value is -2.67. The molecule has 1 aromatic heterocycles. The molecule has 1 heterocycles. The van der Waals surface area contributed by atoms with Gasteiger partial charge in [-0.3, -0.25) is 9.78 Å². The first kappa shape index (κ1) is 13.8. The summed E-state index contributed by atoms with van der Waals surface area (Å²) in [6.45, 7) is 2.57. The Labute approximate surface area is 118 Å². The number of aryl methyl sites for hydroxylation is 1. The Morgan fingerprint density at radius 2 is 2.05 bits per heavy atom. The zero-order chi connectivity index (χ0) is 14.4. The van der Waals surface area contributed by atoms with Crippen molar-refractivity contribution in [1.29, 1.82) is 5.26 Å². The van der Waals surface area contributed by atoms with E-state index >= 15 is 0 Å². The molecule has 0 spiro atoms. The highest BCUT2D eigenvalue weighted by atomic mass is 16.1. The van der Waals surface area contributed by atoms with Gasteiger partial charge in [0.25, 0.3) is 5.91 Å². The molecule has 4 nitrogen and oxygen atoms in total. The molecule has 1 N–H and O–H groups in total. The zero-order valence-corrected chi connectivity index (χ0v) is 11.3. The van der Waals surface area contributed by atoms with Gasteiger partial charge in [-0.05, 0) is 25.0 Å². The average Bonchev–Trinajstić information content (AvgIpc) is 2.49. The van der Waals surface area contributed by atoms with Crippen LogP contribution in [0.2, 0.25) is 0 Å². The third-order valence-electron chi connectivity index (χ3n) is 3.01. The molecule has 1 aromatic carbocycles. The van der Waals surface area contributed by atoms with E-state index < -0.39 is 0 Å². The molecule has 0 saturated heterocycles. The molecule has 4 heteroatoms. The molecule has 0 aliphatic heterocycles. The van der Waals surface area contributed by atoms with Gasteiger partial charge in [0.15, 0.2) is 0 Å². The minimum Gasteiger partial charge on any atom is -0.352 e. The van der Waals surface area contributed by atoms with Crippen molar-refractivity contribution in [3.8, 4) is 6.07 Å². The first-order valence-corrected chi connectivity index (χ1v) is 6.38. The summed E-state index contributed by atoms with van der Waals surface area (Å²) in [5, 5.41) is 11.7. The van der Waals surface area contributed by atoms with Crippen LogP contribution in [0, 0.1) is 18.3 Å². The minimum absolute atomic E-state index is 0.262. The zero-order valence-electron chi connectivity index (χ0n) is 11.3. The smallest absolute Gasteiger partial charge is 0.254 e. The number of pyridine rings is 1. The molecule has 2 rings (SSSR count). The fraction of sp³-hybridized carbons (Fsp3) is 0.188. The van der Waals surface area contributed by atoms with E-state index in [1.807, 2.05) is 37.3 Å². The number of rotatable bonds is 4. The molecule has 0 fully saturated rings. The number of nitrogens with zero attached hydrogens (tertiary/aromatic N) is 2. The Kier molecular flexibility index (Phi) is 4.46. The summed E-state index contributed by atoms with van der Waals surface area (Å²) in [4.78, 5) is 15.8. The maximum atomic E-state index is 12.0. The highest BCUT2D eigenvalue weighted by Crippen LogP contribution is 2.06. The van der Waals surface area contributed by atoms with Crippen molar-refractivity contribution in [3.05, 3.63) is 65.0 Å². The van der Waals surface area contributed by atoms with Crippen molar-refractivity contribution in [2.24, 2.45) is 0 Å². The van der Waals surface area contributed by atoms with E-state index in [4.69, 9.17) is 5.26 Å². The van der Waals surface area contributed by atoms with Crippen LogP contribution in [0.25, 0.3) is 0 Å². The van der Waals surface area contributed by atoms with E-state index in [0.29, 0.717) is 17.7 Å². The summed E-state index contributed by atoms with van der Waals surface area (Å²) < 4.78 is 0. The second kappa shape index (κ2) is 6.48. The van der Waals surface area contributed by atoms with Gasteiger partial charge in [0.1, 0.15) is 6.07 Å². The third kappa shape index (κ3) is 3.42. The van der Waals surface area contributed by atoms with Crippen LogP contribution in [-0.4, -0.2) is 17.4 Å². The molecule has 0 unspecified atom stereocenters. The predicted molar refractivity (Wildman–Crippen MR) is 76.2 cm³/mol. The van der Waals surface area contributed by atoms with Crippen molar-refractivity contribution in [2.75, 3.05) is 6.54 Å². The normalized spacial score (nSPS) is 9.80. The van der Waals surface area contributed by atoms with Gasteiger partial charge in [0.05, 0.1) is 11.1 Å². The van der Waals surface area contributed by atoms with Crippen LogP contribution < -0.4 is 5.32 Å². The highest BCUT2D eigenvalue weighted by molar-refractivity contribution is 5.96. The van der Waals surface area contributed by atoms with Crippen molar-refractivity contribution in [3.63, 3.8) is 0 Å². The molecular weight excluding hydrogens is 250 g/mol. The molecule has 0 atom stereocenters. The molecule has 20 heavy (non-hydrogen) atoms. The molecule has 100 valence electrons. The average molecular weight is 265 g/mol. The SMILES string of the molecule is Cc1ccc(CCNC(=O)c2cnccc2C#N)cc1. The Morgan fingerprint density at radius 3 is 2.75 bits per heavy atom. The monoisotopic (exact) mass is 265 g/mol. The van der Waals surface area contributed by atoms with Crippen LogP contribution in [0.5, 0.6) is 0 Å². The van der Waals surface area contributed by atoms with Gasteiger partial charge in [-0.1, -0.05) is 29.8 Å². The Bertz CT molecular complexity index is 642. The van der Waals surface area contributed by atoms with Gasteiger partial charge >= 0.3 is 0 Å². The van der Waals surface area contributed by atoms with Crippen molar-refractivity contribution < 1.29 is 4.79 Å². The molecule has 0 aliphatic rings. The number of amides is 1. The van der Waals surface area contributed by atoms with E-state index in [1.165, 1.54) is 29.6 Å². The second-order valence-corrected chi connectivity index (χ2v) is 4.52. The molecular formula is C16H15N3O. The van der Waals surface area contributed by atoms with Gasteiger partial charge < -0.3 is 5.32 Å². The van der Waals surface area contributed by atoms with Gasteiger partial charge in [0, 0.05) is 18.9 Å². The van der Waals surface area contributed by atoms with Crippen molar-refractivity contribution in [2.45, 2.75) is 13.3 Å². The summed E-state index contributed by atoms with van der Waals surface area (Å²) in [6, 6.07) is 11.7.